The maximum absolute atomic E-state index is 13.0. The maximum atomic E-state index is 13.0. The number of nitrogens with zero attached hydrogens (tertiary/aromatic N) is 3. The molecule has 0 radical (unpaired) electrons. The van der Waals surface area contributed by atoms with Gasteiger partial charge in [0, 0.05) is 18.3 Å². The minimum atomic E-state index is 0.0606. The van der Waals surface area contributed by atoms with Gasteiger partial charge in [0.2, 0.25) is 5.91 Å². The van der Waals surface area contributed by atoms with E-state index in [-0.39, 0.29) is 5.91 Å². The summed E-state index contributed by atoms with van der Waals surface area (Å²) in [5.74, 6) is 0.0606. The number of anilines is 1. The first-order chi connectivity index (χ1) is 12.7. The SMILES string of the molecule is Cc1ccc([C@@H]2CCCN2CC(=O)N(CCC#N)c2ccccc2)cc1. The van der Waals surface area contributed by atoms with Crippen molar-refractivity contribution in [1.29, 1.82) is 5.26 Å². The standard InChI is InChI=1S/C22H25N3O/c1-18-10-12-19(13-11-18)21-9-5-15-24(21)17-22(26)25(16-6-14-23)20-7-3-2-4-8-20/h2-4,7-8,10-13,21H,5-6,9,15-17H2,1H3/t21-/m0/s1. The number of aryl methyl sites for hydroxylation is 1. The van der Waals surface area contributed by atoms with Crippen LogP contribution in [0.2, 0.25) is 0 Å². The van der Waals surface area contributed by atoms with Crippen LogP contribution in [-0.4, -0.2) is 30.4 Å². The first kappa shape index (κ1) is 18.2. The van der Waals surface area contributed by atoms with Crippen LogP contribution >= 0.6 is 0 Å². The Morgan fingerprint density at radius 2 is 1.92 bits per heavy atom. The lowest BCUT2D eigenvalue weighted by atomic mass is 10.0. The average molecular weight is 347 g/mol. The van der Waals surface area contributed by atoms with Crippen molar-refractivity contribution in [1.82, 2.24) is 4.90 Å². The van der Waals surface area contributed by atoms with Crippen LogP contribution in [0.15, 0.2) is 54.6 Å². The highest BCUT2D eigenvalue weighted by Crippen LogP contribution is 2.32. The van der Waals surface area contributed by atoms with Crippen LogP contribution in [-0.2, 0) is 4.79 Å². The van der Waals surface area contributed by atoms with Gasteiger partial charge in [-0.15, -0.1) is 0 Å². The highest BCUT2D eigenvalue weighted by Gasteiger charge is 2.29. The molecule has 2 aromatic rings. The molecule has 0 spiro atoms. The van der Waals surface area contributed by atoms with E-state index in [0.29, 0.717) is 25.6 Å². The van der Waals surface area contributed by atoms with Gasteiger partial charge in [-0.05, 0) is 44.0 Å². The van der Waals surface area contributed by atoms with Crippen LogP contribution in [0.5, 0.6) is 0 Å². The molecule has 1 aliphatic rings. The van der Waals surface area contributed by atoms with Crippen molar-refractivity contribution in [2.75, 3.05) is 24.5 Å². The zero-order chi connectivity index (χ0) is 18.4. The van der Waals surface area contributed by atoms with E-state index in [1.54, 1.807) is 4.90 Å². The normalized spacial score (nSPS) is 17.0. The molecule has 1 aliphatic heterocycles. The Morgan fingerprint density at radius 3 is 2.62 bits per heavy atom. The third kappa shape index (κ3) is 4.30. The number of para-hydroxylation sites is 1. The molecule has 1 amide bonds. The molecule has 134 valence electrons. The lowest BCUT2D eigenvalue weighted by Gasteiger charge is -2.28. The fourth-order valence-corrected chi connectivity index (χ4v) is 3.61. The molecule has 4 heteroatoms. The zero-order valence-corrected chi connectivity index (χ0v) is 15.3. The van der Waals surface area contributed by atoms with Crippen molar-refractivity contribution in [3.05, 3.63) is 65.7 Å². The van der Waals surface area contributed by atoms with Gasteiger partial charge in [0.1, 0.15) is 0 Å². The van der Waals surface area contributed by atoms with Gasteiger partial charge in [-0.25, -0.2) is 0 Å². The van der Waals surface area contributed by atoms with Crippen molar-refractivity contribution in [2.24, 2.45) is 0 Å². The Bertz CT molecular complexity index is 764. The second-order valence-corrected chi connectivity index (χ2v) is 6.83. The molecule has 3 rings (SSSR count). The predicted octanol–water partition coefficient (Wildman–Crippen LogP) is 4.08. The van der Waals surface area contributed by atoms with Gasteiger partial charge in [-0.1, -0.05) is 48.0 Å². The molecule has 2 aromatic carbocycles. The minimum Gasteiger partial charge on any atom is -0.310 e. The van der Waals surface area contributed by atoms with E-state index in [9.17, 15) is 4.79 Å². The largest absolute Gasteiger partial charge is 0.310 e. The van der Waals surface area contributed by atoms with Crippen LogP contribution in [0, 0.1) is 18.3 Å². The summed E-state index contributed by atoms with van der Waals surface area (Å²) in [6, 6.07) is 20.7. The van der Waals surface area contributed by atoms with Gasteiger partial charge in [0.25, 0.3) is 0 Å². The first-order valence-corrected chi connectivity index (χ1v) is 9.22. The highest BCUT2D eigenvalue weighted by molar-refractivity contribution is 5.94. The number of amides is 1. The van der Waals surface area contributed by atoms with Crippen molar-refractivity contribution in [2.45, 2.75) is 32.2 Å². The number of likely N-dealkylation sites (tertiary alicyclic amines) is 1. The minimum absolute atomic E-state index is 0.0606. The van der Waals surface area contributed by atoms with Gasteiger partial charge < -0.3 is 4.90 Å². The van der Waals surface area contributed by atoms with Crippen molar-refractivity contribution in [3.8, 4) is 6.07 Å². The Hall–Kier alpha value is -2.64. The van der Waals surface area contributed by atoms with Crippen LogP contribution in [0.3, 0.4) is 0 Å². The van der Waals surface area contributed by atoms with Gasteiger partial charge in [-0.3, -0.25) is 9.69 Å². The number of carbonyl (C=O) groups excluding carboxylic acids is 1. The van der Waals surface area contributed by atoms with Crippen molar-refractivity contribution in [3.63, 3.8) is 0 Å². The lowest BCUT2D eigenvalue weighted by Crippen LogP contribution is -2.40. The summed E-state index contributed by atoms with van der Waals surface area (Å²) in [6.45, 7) is 3.85. The molecule has 1 atom stereocenters. The second kappa shape index (κ2) is 8.64. The van der Waals surface area contributed by atoms with E-state index in [1.807, 2.05) is 30.3 Å². The summed E-state index contributed by atoms with van der Waals surface area (Å²) in [5, 5.41) is 8.94. The van der Waals surface area contributed by atoms with Gasteiger partial charge >= 0.3 is 0 Å². The molecule has 1 saturated heterocycles. The lowest BCUT2D eigenvalue weighted by molar-refractivity contribution is -0.120. The maximum Gasteiger partial charge on any atom is 0.241 e. The van der Waals surface area contributed by atoms with E-state index in [2.05, 4.69) is 42.2 Å². The number of hydrogen-bond donors (Lipinski definition) is 0. The molecule has 0 unspecified atom stereocenters. The molecule has 0 N–H and O–H groups in total. The summed E-state index contributed by atoms with van der Waals surface area (Å²) in [5.41, 5.74) is 3.39. The highest BCUT2D eigenvalue weighted by atomic mass is 16.2. The summed E-state index contributed by atoms with van der Waals surface area (Å²) >= 11 is 0. The Balaban J connectivity index is 1.73. The first-order valence-electron chi connectivity index (χ1n) is 9.22. The van der Waals surface area contributed by atoms with E-state index in [4.69, 9.17) is 5.26 Å². The van der Waals surface area contributed by atoms with Gasteiger partial charge in [0.15, 0.2) is 0 Å². The molecule has 0 aromatic heterocycles. The van der Waals surface area contributed by atoms with Crippen LogP contribution < -0.4 is 4.90 Å². The predicted molar refractivity (Wildman–Crippen MR) is 104 cm³/mol. The van der Waals surface area contributed by atoms with Gasteiger partial charge in [0.05, 0.1) is 19.0 Å². The number of carbonyl (C=O) groups is 1. The third-order valence-corrected chi connectivity index (χ3v) is 4.98. The molecule has 1 fully saturated rings. The molecular formula is C22H25N3O. The van der Waals surface area contributed by atoms with Crippen LogP contribution in [0.1, 0.15) is 36.4 Å². The summed E-state index contributed by atoms with van der Waals surface area (Å²) in [4.78, 5) is 17.0. The molecule has 4 nitrogen and oxygen atoms in total. The summed E-state index contributed by atoms with van der Waals surface area (Å²) in [7, 11) is 0. The smallest absolute Gasteiger partial charge is 0.241 e. The zero-order valence-electron chi connectivity index (χ0n) is 15.3. The van der Waals surface area contributed by atoms with Crippen molar-refractivity contribution < 1.29 is 4.79 Å². The Morgan fingerprint density at radius 1 is 1.19 bits per heavy atom. The summed E-state index contributed by atoms with van der Waals surface area (Å²) < 4.78 is 0. The van der Waals surface area contributed by atoms with Crippen LogP contribution in [0.4, 0.5) is 5.69 Å². The van der Waals surface area contributed by atoms with Gasteiger partial charge in [-0.2, -0.15) is 5.26 Å². The average Bonchev–Trinajstić information content (AvgIpc) is 3.11. The molecule has 0 aliphatic carbocycles. The number of benzene rings is 2. The fraction of sp³-hybridized carbons (Fsp3) is 0.364. The molecular weight excluding hydrogens is 322 g/mol. The topological polar surface area (TPSA) is 47.3 Å². The Labute approximate surface area is 155 Å². The number of nitriles is 1. The van der Waals surface area contributed by atoms with E-state index in [1.165, 1.54) is 11.1 Å². The van der Waals surface area contributed by atoms with E-state index >= 15 is 0 Å². The Kier molecular flexibility index (Phi) is 6.04. The fourth-order valence-electron chi connectivity index (χ4n) is 3.61. The number of hydrogen-bond acceptors (Lipinski definition) is 3. The van der Waals surface area contributed by atoms with E-state index in [0.717, 1.165) is 25.1 Å². The quantitative estimate of drug-likeness (QED) is 0.791. The number of rotatable bonds is 6. The molecule has 1 heterocycles. The molecule has 26 heavy (non-hydrogen) atoms. The molecule has 0 saturated carbocycles. The third-order valence-electron chi connectivity index (χ3n) is 4.98. The van der Waals surface area contributed by atoms with Crippen molar-refractivity contribution >= 4 is 11.6 Å². The van der Waals surface area contributed by atoms with E-state index < -0.39 is 0 Å². The second-order valence-electron chi connectivity index (χ2n) is 6.83. The summed E-state index contributed by atoms with van der Waals surface area (Å²) in [6.07, 6.45) is 2.53. The van der Waals surface area contributed by atoms with Crippen LogP contribution in [0.25, 0.3) is 0 Å². The molecule has 0 bridgehead atoms. The monoisotopic (exact) mass is 347 g/mol.